The summed E-state index contributed by atoms with van der Waals surface area (Å²) in [6.07, 6.45) is 12.4. The summed E-state index contributed by atoms with van der Waals surface area (Å²) >= 11 is 0. The lowest BCUT2D eigenvalue weighted by atomic mass is 9.59. The van der Waals surface area contributed by atoms with Gasteiger partial charge in [-0.2, -0.15) is 0 Å². The Kier molecular flexibility index (Phi) is 11.5. The molecule has 2 aromatic heterocycles. The van der Waals surface area contributed by atoms with Crippen LogP contribution in [0.3, 0.4) is 0 Å². The molecule has 5 aliphatic rings. The number of pyridine rings is 1. The average molecular weight is 918 g/mol. The van der Waals surface area contributed by atoms with Crippen LogP contribution in [0.25, 0.3) is 11.0 Å². The number of hydrogen-bond acceptors (Lipinski definition) is 12. The van der Waals surface area contributed by atoms with E-state index in [0.717, 1.165) is 49.6 Å². The van der Waals surface area contributed by atoms with Crippen molar-refractivity contribution < 1.29 is 32.7 Å². The zero-order valence-corrected chi connectivity index (χ0v) is 38.6. The first-order chi connectivity index (χ1) is 31.6. The molecule has 3 aliphatic heterocycles. The summed E-state index contributed by atoms with van der Waals surface area (Å²) in [6.45, 7) is 9.49. The molecule has 5 heterocycles. The summed E-state index contributed by atoms with van der Waals surface area (Å²) < 4.78 is 42.7. The molecule has 16 heteroatoms. The predicted octanol–water partition coefficient (Wildman–Crippen LogP) is 9.21. The van der Waals surface area contributed by atoms with Gasteiger partial charge in [-0.1, -0.05) is 38.1 Å². The van der Waals surface area contributed by atoms with Crippen molar-refractivity contribution >= 4 is 44.0 Å². The normalized spacial score (nSPS) is 24.4. The Morgan fingerprint density at radius 1 is 1.02 bits per heavy atom. The number of nitro benzene ring substituents is 1. The van der Waals surface area contributed by atoms with Crippen molar-refractivity contribution in [3.8, 4) is 17.2 Å². The molecule has 3 aromatic carbocycles. The first kappa shape index (κ1) is 44.1. The SMILES string of the molecule is CC(C)c1ccccc1[C@H]1CCCN1C1CC2(CCN(c3ccc(C(=O)NS(=O)(=O)c4cc5c(c([N+](=O)[O-])c4)O[C@@H]([C@H]4CC[C@](C)(O)CC4)CN5)c(Oc4cnc5[nH]ccc5c4)c3)CC2)C1. The number of fused-ring (bicyclic) bond motifs is 2. The lowest BCUT2D eigenvalue weighted by Gasteiger charge is -2.56. The zero-order chi connectivity index (χ0) is 46.0. The number of aliphatic hydroxyl groups is 1. The highest BCUT2D eigenvalue weighted by Gasteiger charge is 2.50. The number of amides is 1. The number of aromatic amines is 1. The van der Waals surface area contributed by atoms with Gasteiger partial charge in [0.2, 0.25) is 5.75 Å². The minimum atomic E-state index is -4.64. The molecule has 0 radical (unpaired) electrons. The molecule has 5 aromatic rings. The Morgan fingerprint density at radius 2 is 1.79 bits per heavy atom. The van der Waals surface area contributed by atoms with Gasteiger partial charge in [0.1, 0.15) is 23.3 Å². The van der Waals surface area contributed by atoms with Crippen LogP contribution < -0.4 is 24.4 Å². The number of carbonyl (C=O) groups excluding carboxylic acids is 1. The minimum absolute atomic E-state index is 0.0331. The van der Waals surface area contributed by atoms with Gasteiger partial charge in [0.15, 0.2) is 0 Å². The number of aromatic nitrogens is 2. The van der Waals surface area contributed by atoms with Crippen LogP contribution in [0.15, 0.2) is 84.0 Å². The first-order valence-corrected chi connectivity index (χ1v) is 25.0. The van der Waals surface area contributed by atoms with Crippen molar-refractivity contribution in [2.45, 2.75) is 120 Å². The maximum absolute atomic E-state index is 14.1. The minimum Gasteiger partial charge on any atom is -0.480 e. The molecule has 4 N–H and O–H groups in total. The number of nitro groups is 1. The van der Waals surface area contributed by atoms with Gasteiger partial charge in [-0.25, -0.2) is 18.1 Å². The summed E-state index contributed by atoms with van der Waals surface area (Å²) in [5.41, 5.74) is 3.59. The van der Waals surface area contributed by atoms with Gasteiger partial charge in [0.05, 0.1) is 39.4 Å². The van der Waals surface area contributed by atoms with Crippen molar-refractivity contribution in [2.75, 3.05) is 36.4 Å². The Morgan fingerprint density at radius 3 is 2.55 bits per heavy atom. The second-order valence-corrected chi connectivity index (χ2v) is 21.7. The van der Waals surface area contributed by atoms with E-state index in [4.69, 9.17) is 9.47 Å². The first-order valence-electron chi connectivity index (χ1n) is 23.5. The molecule has 10 rings (SSSR count). The molecular weight excluding hydrogens is 859 g/mol. The maximum atomic E-state index is 14.1. The molecule has 2 atom stereocenters. The highest BCUT2D eigenvalue weighted by Crippen LogP contribution is 2.54. The highest BCUT2D eigenvalue weighted by molar-refractivity contribution is 7.90. The van der Waals surface area contributed by atoms with E-state index in [1.165, 1.54) is 49.1 Å². The Bertz CT molecular complexity index is 2770. The van der Waals surface area contributed by atoms with Crippen LogP contribution in [0.5, 0.6) is 17.2 Å². The fraction of sp³-hybridized carbons (Fsp3) is 0.480. The van der Waals surface area contributed by atoms with Gasteiger partial charge >= 0.3 is 5.69 Å². The van der Waals surface area contributed by atoms with Crippen molar-refractivity contribution in [1.29, 1.82) is 0 Å². The third-order valence-corrected chi connectivity index (χ3v) is 16.6. The molecular formula is C50H59N7O8S. The molecule has 1 amide bonds. The summed E-state index contributed by atoms with van der Waals surface area (Å²) in [5.74, 6) is 0.0419. The van der Waals surface area contributed by atoms with Crippen molar-refractivity contribution in [3.63, 3.8) is 0 Å². The number of carbonyl (C=O) groups is 1. The second-order valence-electron chi connectivity index (χ2n) is 20.0. The molecule has 0 bridgehead atoms. The number of nitrogens with zero attached hydrogens (tertiary/aromatic N) is 4. The molecule has 2 aliphatic carbocycles. The van der Waals surface area contributed by atoms with Crippen LogP contribution in [-0.4, -0.2) is 83.1 Å². The Labute approximate surface area is 385 Å². The van der Waals surface area contributed by atoms with Crippen LogP contribution in [0, 0.1) is 21.4 Å². The largest absolute Gasteiger partial charge is 0.480 e. The third kappa shape index (κ3) is 8.58. The number of piperidine rings is 1. The average Bonchev–Trinajstić information content (AvgIpc) is 3.98. The Balaban J connectivity index is 0.855. The van der Waals surface area contributed by atoms with Crippen molar-refractivity contribution in [2.24, 2.45) is 11.3 Å². The molecule has 1 spiro atoms. The van der Waals surface area contributed by atoms with E-state index in [0.29, 0.717) is 67.0 Å². The number of ether oxygens (including phenoxy) is 2. The van der Waals surface area contributed by atoms with Crippen LogP contribution in [0.4, 0.5) is 17.1 Å². The van der Waals surface area contributed by atoms with Crippen LogP contribution in [-0.2, 0) is 10.0 Å². The second kappa shape index (κ2) is 17.2. The van der Waals surface area contributed by atoms with Gasteiger partial charge in [-0.15, -0.1) is 0 Å². The van der Waals surface area contributed by atoms with E-state index >= 15 is 0 Å². The molecule has 2 saturated heterocycles. The van der Waals surface area contributed by atoms with E-state index in [1.54, 1.807) is 31.3 Å². The van der Waals surface area contributed by atoms with Crippen molar-refractivity contribution in [1.82, 2.24) is 19.6 Å². The maximum Gasteiger partial charge on any atom is 0.314 e. The van der Waals surface area contributed by atoms with Gasteiger partial charge in [-0.3, -0.25) is 19.8 Å². The standard InChI is InChI=1S/C50H59N7O8S/c1-31(2)38-7-4-5-8-39(38)42-9-6-20-56(42)35-27-50(28-35)17-21-55(22-18-50)34-10-11-40(44(24-34)64-36-23-33-14-19-51-47(33)53-29-36)48(58)54-66(62,63)37-25-41-46(43(26-37)57(60)61)65-45(30-52-41)32-12-15-49(3,59)16-13-32/h4-5,7-8,10-11,14,19,23-26,29,31-32,35,42,45,52,59H,6,9,12-13,15-18,20-22,27-28,30H2,1-3H3,(H,51,53)(H,54,58)/t32-,42-,45-,49-/m1/s1. The van der Waals surface area contributed by atoms with Gasteiger partial charge in [0.25, 0.3) is 15.9 Å². The summed E-state index contributed by atoms with van der Waals surface area (Å²) in [5, 5.41) is 26.8. The number of nitrogens with one attached hydrogen (secondary N) is 3. The monoisotopic (exact) mass is 917 g/mol. The third-order valence-electron chi connectivity index (χ3n) is 15.3. The molecule has 4 fully saturated rings. The van der Waals surface area contributed by atoms with Crippen LogP contribution in [0.2, 0.25) is 0 Å². The van der Waals surface area contributed by atoms with Gasteiger partial charge < -0.3 is 29.8 Å². The fourth-order valence-corrected chi connectivity index (χ4v) is 12.5. The van der Waals surface area contributed by atoms with Gasteiger partial charge in [0, 0.05) is 54.6 Å². The lowest BCUT2D eigenvalue weighted by molar-refractivity contribution is -0.386. The molecule has 0 unspecified atom stereocenters. The van der Waals surface area contributed by atoms with Crippen LogP contribution >= 0.6 is 0 Å². The predicted molar refractivity (Wildman–Crippen MR) is 252 cm³/mol. The number of benzene rings is 3. The number of anilines is 2. The van der Waals surface area contributed by atoms with E-state index in [1.807, 2.05) is 12.1 Å². The zero-order valence-electron chi connectivity index (χ0n) is 37.8. The molecule has 15 nitrogen and oxygen atoms in total. The fourth-order valence-electron chi connectivity index (χ4n) is 11.5. The highest BCUT2D eigenvalue weighted by atomic mass is 32.2. The smallest absolute Gasteiger partial charge is 0.314 e. The van der Waals surface area contributed by atoms with Crippen molar-refractivity contribution in [3.05, 3.63) is 106 Å². The number of rotatable bonds is 11. The lowest BCUT2D eigenvalue weighted by Crippen LogP contribution is -2.54. The number of hydrogen-bond donors (Lipinski definition) is 4. The Hall–Kier alpha value is -5.71. The molecule has 2 saturated carbocycles. The topological polar surface area (TPSA) is 192 Å². The molecule has 348 valence electrons. The van der Waals surface area contributed by atoms with E-state index in [-0.39, 0.29) is 28.7 Å². The quantitative estimate of drug-likeness (QED) is 0.0727. The van der Waals surface area contributed by atoms with E-state index in [9.17, 15) is 28.4 Å². The number of likely N-dealkylation sites (tertiary alicyclic amines) is 1. The van der Waals surface area contributed by atoms with E-state index < -0.39 is 43.1 Å². The van der Waals surface area contributed by atoms with Gasteiger partial charge in [-0.05, 0) is 136 Å². The number of sulfonamides is 1. The summed E-state index contributed by atoms with van der Waals surface area (Å²) in [7, 11) is -4.64. The van der Waals surface area contributed by atoms with E-state index in [2.05, 4.69) is 67.9 Å². The van der Waals surface area contributed by atoms with Crippen LogP contribution in [0.1, 0.15) is 118 Å². The summed E-state index contributed by atoms with van der Waals surface area (Å²) in [4.78, 5) is 37.9. The molecule has 66 heavy (non-hydrogen) atoms. The summed E-state index contributed by atoms with van der Waals surface area (Å²) in [6, 6.07) is 21.0. The number of H-pyrrole nitrogens is 1.